The zero-order valence-electron chi connectivity index (χ0n) is 12.3. The summed E-state index contributed by atoms with van der Waals surface area (Å²) in [6, 6.07) is 0.883. The first kappa shape index (κ1) is 14.3. The second kappa shape index (κ2) is 8.16. The maximum absolute atomic E-state index is 3.66. The minimum absolute atomic E-state index is 0.883. The Morgan fingerprint density at radius 3 is 2.33 bits per heavy atom. The standard InChI is InChI=1S/C16H32N2/c1-18(16-10-3-2-4-11-16)13-7-12-17-14-15-8-5-6-9-15/h15-17H,2-14H2,1H3. The Balaban J connectivity index is 1.46. The smallest absolute Gasteiger partial charge is 0.00922 e. The molecule has 0 saturated heterocycles. The van der Waals surface area contributed by atoms with E-state index in [4.69, 9.17) is 0 Å². The summed E-state index contributed by atoms with van der Waals surface area (Å²) in [7, 11) is 2.33. The van der Waals surface area contributed by atoms with Crippen molar-refractivity contribution in [2.75, 3.05) is 26.7 Å². The van der Waals surface area contributed by atoms with Gasteiger partial charge in [-0.05, 0) is 64.7 Å². The zero-order chi connectivity index (χ0) is 12.6. The monoisotopic (exact) mass is 252 g/mol. The Hall–Kier alpha value is -0.0800. The normalized spacial score (nSPS) is 23.0. The summed E-state index contributed by atoms with van der Waals surface area (Å²) >= 11 is 0. The number of nitrogens with one attached hydrogen (secondary N) is 1. The third kappa shape index (κ3) is 4.89. The number of hydrogen-bond donors (Lipinski definition) is 1. The fourth-order valence-electron chi connectivity index (χ4n) is 3.68. The summed E-state index contributed by atoms with van der Waals surface area (Å²) in [6.07, 6.45) is 14.4. The van der Waals surface area contributed by atoms with Crippen molar-refractivity contribution in [2.45, 2.75) is 70.3 Å². The molecular formula is C16H32N2. The molecule has 2 aliphatic rings. The predicted octanol–water partition coefficient (Wildman–Crippen LogP) is 3.42. The van der Waals surface area contributed by atoms with E-state index in [9.17, 15) is 0 Å². The van der Waals surface area contributed by atoms with Crippen molar-refractivity contribution in [2.24, 2.45) is 5.92 Å². The lowest BCUT2D eigenvalue weighted by Gasteiger charge is -2.31. The van der Waals surface area contributed by atoms with E-state index < -0.39 is 0 Å². The second-order valence-corrected chi connectivity index (χ2v) is 6.48. The van der Waals surface area contributed by atoms with Gasteiger partial charge in [-0.2, -0.15) is 0 Å². The third-order valence-corrected chi connectivity index (χ3v) is 4.97. The third-order valence-electron chi connectivity index (χ3n) is 4.97. The minimum atomic E-state index is 0.883. The lowest BCUT2D eigenvalue weighted by Crippen LogP contribution is -2.35. The summed E-state index contributed by atoms with van der Waals surface area (Å²) in [5.74, 6) is 0.987. The summed E-state index contributed by atoms with van der Waals surface area (Å²) in [4.78, 5) is 2.61. The van der Waals surface area contributed by atoms with Crippen LogP contribution in [0.4, 0.5) is 0 Å². The average Bonchev–Trinajstić information content (AvgIpc) is 2.92. The molecule has 0 aromatic heterocycles. The number of nitrogens with zero attached hydrogens (tertiary/aromatic N) is 1. The van der Waals surface area contributed by atoms with Gasteiger partial charge in [0.1, 0.15) is 0 Å². The lowest BCUT2D eigenvalue weighted by molar-refractivity contribution is 0.189. The van der Waals surface area contributed by atoms with Crippen LogP contribution in [-0.2, 0) is 0 Å². The molecule has 2 aliphatic carbocycles. The Labute approximate surface area is 114 Å². The van der Waals surface area contributed by atoms with Crippen LogP contribution in [0.25, 0.3) is 0 Å². The van der Waals surface area contributed by atoms with Gasteiger partial charge in [0, 0.05) is 6.04 Å². The molecule has 106 valence electrons. The van der Waals surface area contributed by atoms with Crippen LogP contribution in [0.3, 0.4) is 0 Å². The molecule has 0 aliphatic heterocycles. The summed E-state index contributed by atoms with van der Waals surface area (Å²) in [6.45, 7) is 3.77. The van der Waals surface area contributed by atoms with Crippen LogP contribution in [-0.4, -0.2) is 37.6 Å². The number of rotatable bonds is 7. The molecular weight excluding hydrogens is 220 g/mol. The highest BCUT2D eigenvalue weighted by Crippen LogP contribution is 2.23. The van der Waals surface area contributed by atoms with Crippen molar-refractivity contribution in [3.63, 3.8) is 0 Å². The molecule has 2 saturated carbocycles. The highest BCUT2D eigenvalue weighted by molar-refractivity contribution is 4.74. The molecule has 18 heavy (non-hydrogen) atoms. The molecule has 0 aromatic rings. The molecule has 1 N–H and O–H groups in total. The van der Waals surface area contributed by atoms with Crippen LogP contribution in [0.1, 0.15) is 64.2 Å². The van der Waals surface area contributed by atoms with Gasteiger partial charge in [-0.1, -0.05) is 32.1 Å². The van der Waals surface area contributed by atoms with Crippen LogP contribution in [0.2, 0.25) is 0 Å². The first-order valence-corrected chi connectivity index (χ1v) is 8.27. The van der Waals surface area contributed by atoms with E-state index >= 15 is 0 Å². The van der Waals surface area contributed by atoms with Gasteiger partial charge in [-0.25, -0.2) is 0 Å². The SMILES string of the molecule is CN(CCCNCC1CCCC1)C1CCCCC1. The van der Waals surface area contributed by atoms with Gasteiger partial charge in [0.15, 0.2) is 0 Å². The van der Waals surface area contributed by atoms with Crippen LogP contribution < -0.4 is 5.32 Å². The topological polar surface area (TPSA) is 15.3 Å². The molecule has 0 amide bonds. The van der Waals surface area contributed by atoms with Crippen molar-refractivity contribution in [3.05, 3.63) is 0 Å². The van der Waals surface area contributed by atoms with Gasteiger partial charge in [-0.15, -0.1) is 0 Å². The first-order chi connectivity index (χ1) is 8.86. The van der Waals surface area contributed by atoms with Crippen LogP contribution in [0.5, 0.6) is 0 Å². The molecule has 2 fully saturated rings. The van der Waals surface area contributed by atoms with Crippen molar-refractivity contribution < 1.29 is 0 Å². The van der Waals surface area contributed by atoms with Crippen LogP contribution in [0.15, 0.2) is 0 Å². The minimum Gasteiger partial charge on any atom is -0.316 e. The molecule has 0 aromatic carbocycles. The van der Waals surface area contributed by atoms with Gasteiger partial charge < -0.3 is 10.2 Å². The highest BCUT2D eigenvalue weighted by atomic mass is 15.1. The molecule has 2 nitrogen and oxygen atoms in total. The van der Waals surface area contributed by atoms with Gasteiger partial charge in [0.2, 0.25) is 0 Å². The molecule has 0 atom stereocenters. The van der Waals surface area contributed by atoms with Crippen molar-refractivity contribution in [3.8, 4) is 0 Å². The van der Waals surface area contributed by atoms with E-state index in [0.29, 0.717) is 0 Å². The summed E-state index contributed by atoms with van der Waals surface area (Å²) in [5, 5.41) is 3.66. The largest absolute Gasteiger partial charge is 0.316 e. The van der Waals surface area contributed by atoms with Crippen molar-refractivity contribution in [1.82, 2.24) is 10.2 Å². The summed E-state index contributed by atoms with van der Waals surface area (Å²) in [5.41, 5.74) is 0. The van der Waals surface area contributed by atoms with E-state index in [1.54, 1.807) is 0 Å². The molecule has 0 spiro atoms. The molecule has 2 rings (SSSR count). The maximum Gasteiger partial charge on any atom is 0.00922 e. The maximum atomic E-state index is 3.66. The fourth-order valence-corrected chi connectivity index (χ4v) is 3.68. The van der Waals surface area contributed by atoms with Gasteiger partial charge in [0.05, 0.1) is 0 Å². The zero-order valence-corrected chi connectivity index (χ0v) is 12.3. The van der Waals surface area contributed by atoms with E-state index in [-0.39, 0.29) is 0 Å². The number of hydrogen-bond acceptors (Lipinski definition) is 2. The molecule has 0 heterocycles. The predicted molar refractivity (Wildman–Crippen MR) is 78.9 cm³/mol. The fraction of sp³-hybridized carbons (Fsp3) is 1.00. The quantitative estimate of drug-likeness (QED) is 0.698. The Kier molecular flexibility index (Phi) is 6.50. The lowest BCUT2D eigenvalue weighted by atomic mass is 9.94. The van der Waals surface area contributed by atoms with Gasteiger partial charge in [-0.3, -0.25) is 0 Å². The van der Waals surface area contributed by atoms with E-state index in [2.05, 4.69) is 17.3 Å². The average molecular weight is 252 g/mol. The molecule has 0 radical (unpaired) electrons. The first-order valence-electron chi connectivity index (χ1n) is 8.27. The van der Waals surface area contributed by atoms with E-state index in [1.807, 2.05) is 0 Å². The van der Waals surface area contributed by atoms with Crippen LogP contribution >= 0.6 is 0 Å². The molecule has 0 unspecified atom stereocenters. The van der Waals surface area contributed by atoms with Crippen molar-refractivity contribution >= 4 is 0 Å². The second-order valence-electron chi connectivity index (χ2n) is 6.48. The Bertz CT molecular complexity index is 205. The molecule has 0 bridgehead atoms. The van der Waals surface area contributed by atoms with E-state index in [1.165, 1.54) is 83.8 Å². The molecule has 2 heteroatoms. The summed E-state index contributed by atoms with van der Waals surface area (Å²) < 4.78 is 0. The Morgan fingerprint density at radius 2 is 1.61 bits per heavy atom. The van der Waals surface area contributed by atoms with Gasteiger partial charge in [0.25, 0.3) is 0 Å². The van der Waals surface area contributed by atoms with Crippen molar-refractivity contribution in [1.29, 1.82) is 0 Å². The Morgan fingerprint density at radius 1 is 0.944 bits per heavy atom. The van der Waals surface area contributed by atoms with Gasteiger partial charge >= 0.3 is 0 Å². The van der Waals surface area contributed by atoms with Crippen LogP contribution in [0, 0.1) is 5.92 Å². The highest BCUT2D eigenvalue weighted by Gasteiger charge is 2.17. The van der Waals surface area contributed by atoms with E-state index in [0.717, 1.165) is 12.0 Å².